The molecule has 0 aliphatic heterocycles. The first-order valence-corrected chi connectivity index (χ1v) is 10.1. The van der Waals surface area contributed by atoms with Crippen molar-refractivity contribution in [2.24, 2.45) is 5.41 Å². The van der Waals surface area contributed by atoms with E-state index in [0.717, 1.165) is 70.6 Å². The van der Waals surface area contributed by atoms with Crippen LogP contribution in [0.25, 0.3) is 0 Å². The minimum atomic E-state index is -1.02. The molecule has 0 unspecified atom stereocenters. The average molecular weight is 336 g/mol. The molecule has 3 aliphatic rings. The normalized spacial score (nSPS) is 25.8. The fourth-order valence-electron chi connectivity index (χ4n) is 4.54. The van der Waals surface area contributed by atoms with E-state index in [9.17, 15) is 9.59 Å². The van der Waals surface area contributed by atoms with Gasteiger partial charge in [0.05, 0.1) is 0 Å². The molecule has 3 fully saturated rings. The van der Waals surface area contributed by atoms with Gasteiger partial charge in [0.2, 0.25) is 0 Å². The Kier molecular flexibility index (Phi) is 6.18. The van der Waals surface area contributed by atoms with Gasteiger partial charge in [-0.2, -0.15) is 0 Å². The number of carbonyl (C=O) groups is 2. The molecule has 24 heavy (non-hydrogen) atoms. The highest BCUT2D eigenvalue weighted by Crippen LogP contribution is 2.40. The topological polar surface area (TPSA) is 52.6 Å². The van der Waals surface area contributed by atoms with Crippen molar-refractivity contribution in [2.45, 2.75) is 109 Å². The van der Waals surface area contributed by atoms with Crippen LogP contribution >= 0.6 is 0 Å². The van der Waals surface area contributed by atoms with E-state index in [4.69, 9.17) is 9.47 Å². The molecule has 0 radical (unpaired) electrons. The number of hydrogen-bond donors (Lipinski definition) is 0. The zero-order valence-corrected chi connectivity index (χ0v) is 14.9. The third kappa shape index (κ3) is 4.12. The first-order chi connectivity index (χ1) is 11.7. The Labute approximate surface area is 145 Å². The number of hydrogen-bond acceptors (Lipinski definition) is 4. The minimum Gasteiger partial charge on any atom is -0.462 e. The third-order valence-corrected chi connectivity index (χ3v) is 6.14. The number of rotatable bonds is 4. The third-order valence-electron chi connectivity index (χ3n) is 6.14. The predicted molar refractivity (Wildman–Crippen MR) is 91.4 cm³/mol. The molecular formula is C20H32O4. The van der Waals surface area contributed by atoms with Crippen molar-refractivity contribution in [2.75, 3.05) is 0 Å². The highest BCUT2D eigenvalue weighted by Gasteiger charge is 2.50. The largest absolute Gasteiger partial charge is 0.462 e. The van der Waals surface area contributed by atoms with Gasteiger partial charge in [-0.25, -0.2) is 0 Å². The second-order valence-corrected chi connectivity index (χ2v) is 7.97. The van der Waals surface area contributed by atoms with Gasteiger partial charge in [0.1, 0.15) is 12.2 Å². The fourth-order valence-corrected chi connectivity index (χ4v) is 4.54. The summed E-state index contributed by atoms with van der Waals surface area (Å²) in [5.74, 6) is -0.593. The molecule has 0 amide bonds. The molecule has 136 valence electrons. The maximum Gasteiger partial charge on any atom is 0.323 e. The zero-order chi connectivity index (χ0) is 16.8. The highest BCUT2D eigenvalue weighted by molar-refractivity contribution is 6.00. The summed E-state index contributed by atoms with van der Waals surface area (Å²) in [4.78, 5) is 25.9. The first kappa shape index (κ1) is 17.8. The van der Waals surface area contributed by atoms with Crippen LogP contribution in [0.2, 0.25) is 0 Å². The van der Waals surface area contributed by atoms with Crippen molar-refractivity contribution < 1.29 is 19.1 Å². The van der Waals surface area contributed by atoms with Crippen molar-refractivity contribution in [3.05, 3.63) is 0 Å². The lowest BCUT2D eigenvalue weighted by molar-refractivity contribution is -0.183. The summed E-state index contributed by atoms with van der Waals surface area (Å²) in [5.41, 5.74) is -1.02. The molecule has 3 rings (SSSR count). The van der Waals surface area contributed by atoms with Crippen LogP contribution in [-0.2, 0) is 19.1 Å². The standard InChI is InChI=1S/C20H32O4/c21-18(23-16-10-4-1-5-11-16)20(14-8-3-9-15-20)19(22)24-17-12-6-2-7-13-17/h16-17H,1-15H2. The van der Waals surface area contributed by atoms with E-state index in [-0.39, 0.29) is 24.1 Å². The van der Waals surface area contributed by atoms with Gasteiger partial charge in [-0.3, -0.25) is 9.59 Å². The van der Waals surface area contributed by atoms with Gasteiger partial charge in [-0.05, 0) is 64.2 Å². The molecule has 0 spiro atoms. The second kappa shape index (κ2) is 8.35. The highest BCUT2D eigenvalue weighted by atomic mass is 16.6. The van der Waals surface area contributed by atoms with Crippen LogP contribution in [-0.4, -0.2) is 24.1 Å². The quantitative estimate of drug-likeness (QED) is 0.552. The molecule has 4 heteroatoms. The Hall–Kier alpha value is -1.06. The summed E-state index contributed by atoms with van der Waals surface area (Å²) >= 11 is 0. The number of ether oxygens (including phenoxy) is 2. The molecule has 0 aromatic rings. The van der Waals surface area contributed by atoms with Gasteiger partial charge in [0.15, 0.2) is 5.41 Å². The van der Waals surface area contributed by atoms with Crippen LogP contribution in [0.3, 0.4) is 0 Å². The molecule has 0 bridgehead atoms. The van der Waals surface area contributed by atoms with Crippen LogP contribution in [0.15, 0.2) is 0 Å². The van der Waals surface area contributed by atoms with Crippen LogP contribution < -0.4 is 0 Å². The maximum absolute atomic E-state index is 12.9. The fraction of sp³-hybridized carbons (Fsp3) is 0.900. The zero-order valence-electron chi connectivity index (χ0n) is 14.9. The Morgan fingerprint density at radius 2 is 0.958 bits per heavy atom. The van der Waals surface area contributed by atoms with Gasteiger partial charge in [-0.1, -0.05) is 32.1 Å². The summed E-state index contributed by atoms with van der Waals surface area (Å²) in [5, 5.41) is 0. The van der Waals surface area contributed by atoms with Crippen molar-refractivity contribution >= 4 is 11.9 Å². The van der Waals surface area contributed by atoms with E-state index in [0.29, 0.717) is 12.8 Å². The van der Waals surface area contributed by atoms with E-state index in [1.54, 1.807) is 0 Å². The Morgan fingerprint density at radius 3 is 1.38 bits per heavy atom. The van der Waals surface area contributed by atoms with Gasteiger partial charge in [-0.15, -0.1) is 0 Å². The molecule has 0 heterocycles. The van der Waals surface area contributed by atoms with E-state index in [2.05, 4.69) is 0 Å². The van der Waals surface area contributed by atoms with Crippen molar-refractivity contribution in [3.63, 3.8) is 0 Å². The summed E-state index contributed by atoms with van der Waals surface area (Å²) in [6.07, 6.45) is 14.9. The molecule has 4 nitrogen and oxygen atoms in total. The Morgan fingerprint density at radius 1 is 0.583 bits per heavy atom. The van der Waals surface area contributed by atoms with Gasteiger partial charge in [0.25, 0.3) is 0 Å². The molecule has 0 aromatic carbocycles. The summed E-state index contributed by atoms with van der Waals surface area (Å²) in [6, 6.07) is 0. The first-order valence-electron chi connectivity index (χ1n) is 10.1. The van der Waals surface area contributed by atoms with Crippen LogP contribution in [0, 0.1) is 5.41 Å². The predicted octanol–water partition coefficient (Wildman–Crippen LogP) is 4.69. The molecule has 0 N–H and O–H groups in total. The molecule has 0 atom stereocenters. The van der Waals surface area contributed by atoms with Crippen molar-refractivity contribution in [3.8, 4) is 0 Å². The molecule has 3 aliphatic carbocycles. The van der Waals surface area contributed by atoms with Crippen molar-refractivity contribution in [1.29, 1.82) is 0 Å². The van der Waals surface area contributed by atoms with Crippen LogP contribution in [0.1, 0.15) is 96.3 Å². The lowest BCUT2D eigenvalue weighted by Gasteiger charge is -2.36. The smallest absolute Gasteiger partial charge is 0.323 e. The lowest BCUT2D eigenvalue weighted by Crippen LogP contribution is -2.46. The Balaban J connectivity index is 1.65. The van der Waals surface area contributed by atoms with E-state index in [1.165, 1.54) is 12.8 Å². The number of carbonyl (C=O) groups excluding carboxylic acids is 2. The molecule has 0 aromatic heterocycles. The lowest BCUT2D eigenvalue weighted by atomic mass is 9.74. The summed E-state index contributed by atoms with van der Waals surface area (Å²) < 4.78 is 11.6. The second-order valence-electron chi connectivity index (χ2n) is 7.97. The minimum absolute atomic E-state index is 0.00697. The molecular weight excluding hydrogens is 304 g/mol. The summed E-state index contributed by atoms with van der Waals surface area (Å²) in [7, 11) is 0. The van der Waals surface area contributed by atoms with Crippen LogP contribution in [0.4, 0.5) is 0 Å². The van der Waals surface area contributed by atoms with Gasteiger partial charge < -0.3 is 9.47 Å². The van der Waals surface area contributed by atoms with Crippen LogP contribution in [0.5, 0.6) is 0 Å². The van der Waals surface area contributed by atoms with Crippen molar-refractivity contribution in [1.82, 2.24) is 0 Å². The molecule has 3 saturated carbocycles. The van der Waals surface area contributed by atoms with E-state index >= 15 is 0 Å². The maximum atomic E-state index is 12.9. The van der Waals surface area contributed by atoms with Gasteiger partial charge in [0, 0.05) is 0 Å². The summed E-state index contributed by atoms with van der Waals surface area (Å²) in [6.45, 7) is 0. The van der Waals surface area contributed by atoms with Gasteiger partial charge >= 0.3 is 11.9 Å². The van der Waals surface area contributed by atoms with E-state index in [1.807, 2.05) is 0 Å². The number of esters is 2. The van der Waals surface area contributed by atoms with E-state index < -0.39 is 5.41 Å². The average Bonchev–Trinajstić information content (AvgIpc) is 2.64. The monoisotopic (exact) mass is 336 g/mol. The Bertz CT molecular complexity index is 393. The SMILES string of the molecule is O=C(OC1CCCCC1)C1(C(=O)OC2CCCCC2)CCCCC1. The molecule has 0 saturated heterocycles.